The molecule has 0 aromatic carbocycles. The fraction of sp³-hybridized carbons (Fsp3) is 1.00. The second-order valence-electron chi connectivity index (χ2n) is 2.15. The summed E-state index contributed by atoms with van der Waals surface area (Å²) in [4.78, 5) is 0. The molecule has 0 amide bonds. The Bertz CT molecular complexity index is 64.3. The molecular formula is C8H18S2. The fourth-order valence-electron chi connectivity index (χ4n) is 0.769. The van der Waals surface area contributed by atoms with Crippen molar-refractivity contribution in [3.63, 3.8) is 0 Å². The van der Waals surface area contributed by atoms with E-state index in [1.54, 1.807) is 0 Å². The number of thioether (sulfide) groups is 2. The second-order valence-corrected chi connectivity index (χ2v) is 5.04. The molecule has 0 heterocycles. The lowest BCUT2D eigenvalue weighted by Gasteiger charge is -2.11. The van der Waals surface area contributed by atoms with Crippen molar-refractivity contribution in [1.82, 2.24) is 0 Å². The van der Waals surface area contributed by atoms with Crippen molar-refractivity contribution in [2.24, 2.45) is 0 Å². The minimum absolute atomic E-state index is 0.898. The summed E-state index contributed by atoms with van der Waals surface area (Å²) in [6.45, 7) is 6.75. The molecule has 2 heteroatoms. The van der Waals surface area contributed by atoms with E-state index in [0.29, 0.717) is 0 Å². The Morgan fingerprint density at radius 2 is 1.80 bits per heavy atom. The van der Waals surface area contributed by atoms with Gasteiger partial charge in [-0.05, 0) is 17.9 Å². The quantitative estimate of drug-likeness (QED) is 0.612. The van der Waals surface area contributed by atoms with Crippen LogP contribution in [0, 0.1) is 0 Å². The van der Waals surface area contributed by atoms with Crippen LogP contribution in [0.15, 0.2) is 0 Å². The monoisotopic (exact) mass is 178 g/mol. The first-order chi connectivity index (χ1) is 4.85. The zero-order valence-corrected chi connectivity index (χ0v) is 8.86. The Morgan fingerprint density at radius 1 is 1.10 bits per heavy atom. The zero-order chi connectivity index (χ0) is 7.82. The Kier molecular flexibility index (Phi) is 8.35. The van der Waals surface area contributed by atoms with Crippen LogP contribution >= 0.6 is 23.5 Å². The van der Waals surface area contributed by atoms with Gasteiger partial charge in [0.1, 0.15) is 0 Å². The second kappa shape index (κ2) is 7.80. The molecule has 0 aliphatic rings. The van der Waals surface area contributed by atoms with Gasteiger partial charge in [0, 0.05) is 11.0 Å². The molecule has 0 aliphatic carbocycles. The first-order valence-electron chi connectivity index (χ1n) is 4.04. The Balaban J connectivity index is 3.21. The number of hydrogen-bond acceptors (Lipinski definition) is 2. The maximum absolute atomic E-state index is 2.28. The largest absolute Gasteiger partial charge is 0.161 e. The maximum atomic E-state index is 2.28. The minimum Gasteiger partial charge on any atom is -0.161 e. The van der Waals surface area contributed by atoms with E-state index in [0.717, 1.165) is 5.25 Å². The summed E-state index contributed by atoms with van der Waals surface area (Å²) in [6.07, 6.45) is 1.32. The van der Waals surface area contributed by atoms with Gasteiger partial charge in [-0.25, -0.2) is 0 Å². The Hall–Kier alpha value is 0.700. The lowest BCUT2D eigenvalue weighted by Crippen LogP contribution is -2.04. The average Bonchev–Trinajstić information content (AvgIpc) is 1.98. The van der Waals surface area contributed by atoms with E-state index in [1.165, 1.54) is 23.7 Å². The molecule has 1 atom stereocenters. The molecule has 62 valence electrons. The van der Waals surface area contributed by atoms with Gasteiger partial charge in [0.2, 0.25) is 0 Å². The van der Waals surface area contributed by atoms with Gasteiger partial charge in [0.25, 0.3) is 0 Å². The molecule has 0 N–H and O–H groups in total. The standard InChI is InChI=1S/C8H18S2/c1-4-8(10-6-3)7-9-5-2/h8H,4-7H2,1-3H3. The van der Waals surface area contributed by atoms with E-state index in [-0.39, 0.29) is 0 Å². The van der Waals surface area contributed by atoms with Gasteiger partial charge < -0.3 is 0 Å². The van der Waals surface area contributed by atoms with Crippen molar-refractivity contribution >= 4 is 23.5 Å². The molecule has 10 heavy (non-hydrogen) atoms. The zero-order valence-electron chi connectivity index (χ0n) is 7.22. The van der Waals surface area contributed by atoms with Gasteiger partial charge in [0.15, 0.2) is 0 Å². The molecule has 0 aliphatic heterocycles. The summed E-state index contributed by atoms with van der Waals surface area (Å²) in [7, 11) is 0. The van der Waals surface area contributed by atoms with E-state index in [2.05, 4.69) is 44.3 Å². The summed E-state index contributed by atoms with van der Waals surface area (Å²) in [6, 6.07) is 0. The molecule has 0 spiro atoms. The fourth-order valence-corrected chi connectivity index (χ4v) is 2.88. The van der Waals surface area contributed by atoms with Crippen LogP contribution in [0.1, 0.15) is 27.2 Å². The van der Waals surface area contributed by atoms with Gasteiger partial charge in [-0.3, -0.25) is 0 Å². The van der Waals surface area contributed by atoms with E-state index in [9.17, 15) is 0 Å². The van der Waals surface area contributed by atoms with Crippen molar-refractivity contribution < 1.29 is 0 Å². The Morgan fingerprint density at radius 3 is 2.20 bits per heavy atom. The van der Waals surface area contributed by atoms with Crippen LogP contribution < -0.4 is 0 Å². The van der Waals surface area contributed by atoms with Crippen molar-refractivity contribution in [3.05, 3.63) is 0 Å². The summed E-state index contributed by atoms with van der Waals surface area (Å²) < 4.78 is 0. The topological polar surface area (TPSA) is 0 Å². The first-order valence-corrected chi connectivity index (χ1v) is 6.24. The van der Waals surface area contributed by atoms with Gasteiger partial charge in [-0.1, -0.05) is 20.8 Å². The van der Waals surface area contributed by atoms with Gasteiger partial charge in [0.05, 0.1) is 0 Å². The van der Waals surface area contributed by atoms with Crippen LogP contribution in [0.25, 0.3) is 0 Å². The molecule has 0 radical (unpaired) electrons. The molecule has 0 fully saturated rings. The molecule has 0 saturated carbocycles. The normalized spacial score (nSPS) is 13.5. The van der Waals surface area contributed by atoms with Crippen LogP contribution in [-0.2, 0) is 0 Å². The van der Waals surface area contributed by atoms with Gasteiger partial charge in [-0.2, -0.15) is 23.5 Å². The third-order valence-electron chi connectivity index (χ3n) is 1.37. The summed E-state index contributed by atoms with van der Waals surface area (Å²) >= 11 is 4.16. The van der Waals surface area contributed by atoms with Crippen LogP contribution in [0.3, 0.4) is 0 Å². The highest BCUT2D eigenvalue weighted by atomic mass is 32.2. The molecule has 0 rings (SSSR count). The average molecular weight is 178 g/mol. The molecule has 0 saturated heterocycles. The van der Waals surface area contributed by atoms with E-state index in [4.69, 9.17) is 0 Å². The van der Waals surface area contributed by atoms with Gasteiger partial charge in [-0.15, -0.1) is 0 Å². The van der Waals surface area contributed by atoms with Crippen molar-refractivity contribution in [2.75, 3.05) is 17.3 Å². The predicted molar refractivity (Wildman–Crippen MR) is 55.2 cm³/mol. The number of hydrogen-bond donors (Lipinski definition) is 0. The third-order valence-corrected chi connectivity index (χ3v) is 3.93. The Labute approximate surface area is 73.5 Å². The van der Waals surface area contributed by atoms with E-state index >= 15 is 0 Å². The molecular weight excluding hydrogens is 160 g/mol. The SMILES string of the molecule is CCSCC(CC)SCC. The van der Waals surface area contributed by atoms with Crippen LogP contribution in [0.4, 0.5) is 0 Å². The molecule has 0 aromatic rings. The molecule has 0 bridgehead atoms. The van der Waals surface area contributed by atoms with Gasteiger partial charge >= 0.3 is 0 Å². The summed E-state index contributed by atoms with van der Waals surface area (Å²) in [5.41, 5.74) is 0. The maximum Gasteiger partial charge on any atom is 0.0135 e. The first kappa shape index (κ1) is 10.7. The van der Waals surface area contributed by atoms with E-state index < -0.39 is 0 Å². The molecule has 1 unspecified atom stereocenters. The smallest absolute Gasteiger partial charge is 0.0135 e. The predicted octanol–water partition coefficient (Wildman–Crippen LogP) is 3.27. The van der Waals surface area contributed by atoms with E-state index in [1.807, 2.05) is 0 Å². The highest BCUT2D eigenvalue weighted by Crippen LogP contribution is 2.18. The van der Waals surface area contributed by atoms with Crippen molar-refractivity contribution in [1.29, 1.82) is 0 Å². The van der Waals surface area contributed by atoms with Crippen molar-refractivity contribution in [2.45, 2.75) is 32.4 Å². The number of rotatable bonds is 6. The summed E-state index contributed by atoms with van der Waals surface area (Å²) in [5.74, 6) is 3.87. The highest BCUT2D eigenvalue weighted by Gasteiger charge is 2.03. The minimum atomic E-state index is 0.898. The lowest BCUT2D eigenvalue weighted by atomic mass is 10.4. The molecule has 0 nitrogen and oxygen atoms in total. The van der Waals surface area contributed by atoms with Crippen LogP contribution in [-0.4, -0.2) is 22.5 Å². The lowest BCUT2D eigenvalue weighted by molar-refractivity contribution is 0.916. The van der Waals surface area contributed by atoms with Crippen LogP contribution in [0.5, 0.6) is 0 Å². The third kappa shape index (κ3) is 5.48. The summed E-state index contributed by atoms with van der Waals surface area (Å²) in [5, 5.41) is 0.898. The highest BCUT2D eigenvalue weighted by molar-refractivity contribution is 8.03. The van der Waals surface area contributed by atoms with Crippen molar-refractivity contribution in [3.8, 4) is 0 Å². The van der Waals surface area contributed by atoms with Crippen LogP contribution in [0.2, 0.25) is 0 Å². The molecule has 0 aromatic heterocycles.